The molecule has 0 aliphatic carbocycles. The third kappa shape index (κ3) is 6.71. The van der Waals surface area contributed by atoms with E-state index in [1.165, 1.54) is 24.5 Å². The van der Waals surface area contributed by atoms with E-state index < -0.39 is 29.3 Å². The number of nitrogens with zero attached hydrogens (tertiary/aromatic N) is 2. The molecule has 1 aromatic heterocycles. The quantitative estimate of drug-likeness (QED) is 0.385. The Balaban J connectivity index is 1.70. The van der Waals surface area contributed by atoms with Gasteiger partial charge < -0.3 is 29.9 Å². The van der Waals surface area contributed by atoms with Gasteiger partial charge in [-0.15, -0.1) is 0 Å². The number of alkyl halides is 3. The van der Waals surface area contributed by atoms with E-state index in [0.29, 0.717) is 37.7 Å². The van der Waals surface area contributed by atoms with Gasteiger partial charge in [0.05, 0.1) is 24.3 Å². The lowest BCUT2D eigenvalue weighted by atomic mass is 9.90. The molecule has 2 amide bonds. The number of ether oxygens (including phenoxy) is 1. The average Bonchev–Trinajstić information content (AvgIpc) is 2.90. The summed E-state index contributed by atoms with van der Waals surface area (Å²) in [5.41, 5.74) is 0.228. The van der Waals surface area contributed by atoms with Crippen LogP contribution in [-0.4, -0.2) is 48.0 Å². The highest BCUT2D eigenvalue weighted by Gasteiger charge is 2.34. The maximum absolute atomic E-state index is 13.7. The Hall–Kier alpha value is -4.32. The molecule has 2 aromatic carbocycles. The number of aryl methyl sites for hydroxylation is 2. The highest BCUT2D eigenvalue weighted by Crippen LogP contribution is 2.34. The van der Waals surface area contributed by atoms with E-state index in [1.807, 2.05) is 11.8 Å². The molecule has 0 radical (unpaired) electrons. The number of halogens is 3. The average molecular weight is 573 g/mol. The molecule has 0 bridgehead atoms. The largest absolute Gasteiger partial charge is 0.465 e. The number of amides is 2. The van der Waals surface area contributed by atoms with Crippen molar-refractivity contribution in [2.75, 3.05) is 36.5 Å². The zero-order valence-electron chi connectivity index (χ0n) is 23.1. The fourth-order valence-corrected chi connectivity index (χ4v) is 4.71. The molecule has 4 rings (SSSR count). The van der Waals surface area contributed by atoms with Gasteiger partial charge in [-0.2, -0.15) is 13.2 Å². The highest BCUT2D eigenvalue weighted by atomic mass is 19.4. The van der Waals surface area contributed by atoms with Crippen LogP contribution in [0.1, 0.15) is 40.9 Å². The van der Waals surface area contributed by atoms with Gasteiger partial charge in [-0.25, -0.2) is 4.79 Å². The lowest BCUT2D eigenvalue weighted by Gasteiger charge is -2.29. The van der Waals surface area contributed by atoms with Gasteiger partial charge in [0.25, 0.3) is 11.5 Å². The van der Waals surface area contributed by atoms with Gasteiger partial charge >= 0.3 is 12.3 Å². The summed E-state index contributed by atoms with van der Waals surface area (Å²) in [5.74, 6) is -0.798. The van der Waals surface area contributed by atoms with Crippen LogP contribution in [0.2, 0.25) is 0 Å². The number of anilines is 2. The Labute approximate surface area is 234 Å². The number of hydrogen-bond acceptors (Lipinski definition) is 5. The van der Waals surface area contributed by atoms with Crippen LogP contribution in [0.4, 0.5) is 29.3 Å². The molecule has 1 aliphatic heterocycles. The topological polar surface area (TPSA) is 113 Å². The Morgan fingerprint density at radius 2 is 1.66 bits per heavy atom. The van der Waals surface area contributed by atoms with Crippen molar-refractivity contribution < 1.29 is 32.6 Å². The van der Waals surface area contributed by atoms with Gasteiger partial charge in [-0.3, -0.25) is 9.59 Å². The van der Waals surface area contributed by atoms with Crippen LogP contribution in [0, 0.1) is 6.92 Å². The second-order valence-electron chi connectivity index (χ2n) is 10.5. The summed E-state index contributed by atoms with van der Waals surface area (Å²) < 4.78 is 48.0. The van der Waals surface area contributed by atoms with Crippen molar-refractivity contribution in [3.05, 3.63) is 81.3 Å². The van der Waals surface area contributed by atoms with Gasteiger partial charge in [0.1, 0.15) is 5.69 Å². The molecule has 9 nitrogen and oxygen atoms in total. The van der Waals surface area contributed by atoms with Crippen LogP contribution in [0.5, 0.6) is 0 Å². The van der Waals surface area contributed by atoms with E-state index in [-0.39, 0.29) is 16.7 Å². The van der Waals surface area contributed by atoms with Crippen molar-refractivity contribution in [3.8, 4) is 11.1 Å². The first-order valence-corrected chi connectivity index (χ1v) is 12.9. The third-order valence-corrected chi connectivity index (χ3v) is 6.99. The zero-order chi connectivity index (χ0) is 30.1. The summed E-state index contributed by atoms with van der Waals surface area (Å²) >= 11 is 0. The van der Waals surface area contributed by atoms with Gasteiger partial charge in [-0.1, -0.05) is 6.07 Å². The summed E-state index contributed by atoms with van der Waals surface area (Å²) in [5, 5.41) is 14.0. The summed E-state index contributed by atoms with van der Waals surface area (Å²) in [6.07, 6.45) is -4.49. The van der Waals surface area contributed by atoms with Gasteiger partial charge in [0.15, 0.2) is 0 Å². The Bertz CT molecular complexity index is 1540. The van der Waals surface area contributed by atoms with E-state index >= 15 is 0 Å². The van der Waals surface area contributed by atoms with Crippen molar-refractivity contribution in [3.63, 3.8) is 0 Å². The van der Waals surface area contributed by atoms with Crippen molar-refractivity contribution in [2.24, 2.45) is 7.05 Å². The number of morpholine rings is 1. The molecule has 12 heteroatoms. The molecule has 0 saturated carbocycles. The summed E-state index contributed by atoms with van der Waals surface area (Å²) in [4.78, 5) is 39.3. The first-order valence-electron chi connectivity index (χ1n) is 12.9. The van der Waals surface area contributed by atoms with E-state index in [2.05, 4.69) is 10.6 Å². The first-order chi connectivity index (χ1) is 19.2. The minimum Gasteiger partial charge on any atom is -0.465 e. The van der Waals surface area contributed by atoms with E-state index in [0.717, 1.165) is 28.8 Å². The summed E-state index contributed by atoms with van der Waals surface area (Å²) in [7, 11) is 1.66. The van der Waals surface area contributed by atoms with Gasteiger partial charge in [0, 0.05) is 43.1 Å². The Morgan fingerprint density at radius 3 is 2.29 bits per heavy atom. The first kappa shape index (κ1) is 29.7. The molecule has 1 fully saturated rings. The fraction of sp³-hybridized carbons (Fsp3) is 0.345. The van der Waals surface area contributed by atoms with Crippen molar-refractivity contribution in [1.82, 2.24) is 9.88 Å². The number of rotatable bonds is 6. The van der Waals surface area contributed by atoms with Gasteiger partial charge in [-0.05, 0) is 73.9 Å². The Morgan fingerprint density at radius 1 is 1.00 bits per heavy atom. The predicted octanol–water partition coefficient (Wildman–Crippen LogP) is 4.97. The molecular weight excluding hydrogens is 541 g/mol. The number of pyridine rings is 1. The minimum absolute atomic E-state index is 0.0229. The molecule has 3 aromatic rings. The molecule has 41 heavy (non-hydrogen) atoms. The SMILES string of the molecule is Cc1ccc(NC(=O)c2cc(C(F)(F)F)cc(C(C)(C)NC(=O)O)c2)cc1-c1cc(N2CCOCC2)c(=O)n(C)c1. The Kier molecular flexibility index (Phi) is 8.16. The van der Waals surface area contributed by atoms with Crippen molar-refractivity contribution in [2.45, 2.75) is 32.5 Å². The number of hydrogen-bond donors (Lipinski definition) is 3. The lowest BCUT2D eigenvalue weighted by Crippen LogP contribution is -2.40. The lowest BCUT2D eigenvalue weighted by molar-refractivity contribution is -0.137. The fourth-order valence-electron chi connectivity index (χ4n) is 4.71. The van der Waals surface area contributed by atoms with Crippen LogP contribution < -0.4 is 21.1 Å². The molecule has 3 N–H and O–H groups in total. The number of nitrogens with one attached hydrogen (secondary N) is 2. The van der Waals surface area contributed by atoms with E-state index in [4.69, 9.17) is 9.84 Å². The number of aromatic nitrogens is 1. The molecule has 0 unspecified atom stereocenters. The third-order valence-electron chi connectivity index (χ3n) is 6.99. The van der Waals surface area contributed by atoms with Crippen LogP contribution >= 0.6 is 0 Å². The summed E-state index contributed by atoms with van der Waals surface area (Å²) in [6.45, 7) is 6.85. The summed E-state index contributed by atoms with van der Waals surface area (Å²) in [6, 6.07) is 9.67. The monoisotopic (exact) mass is 572 g/mol. The molecule has 1 aliphatic rings. The van der Waals surface area contributed by atoms with Crippen molar-refractivity contribution >= 4 is 23.4 Å². The maximum Gasteiger partial charge on any atom is 0.416 e. The van der Waals surface area contributed by atoms with Crippen LogP contribution in [0.3, 0.4) is 0 Å². The van der Waals surface area contributed by atoms with Crippen LogP contribution in [0.15, 0.2) is 53.5 Å². The highest BCUT2D eigenvalue weighted by molar-refractivity contribution is 6.05. The predicted molar refractivity (Wildman–Crippen MR) is 148 cm³/mol. The number of carbonyl (C=O) groups excluding carboxylic acids is 1. The van der Waals surface area contributed by atoms with Crippen molar-refractivity contribution in [1.29, 1.82) is 0 Å². The number of carboxylic acid groups (broad SMARTS) is 1. The molecule has 2 heterocycles. The number of carbonyl (C=O) groups is 2. The zero-order valence-corrected chi connectivity index (χ0v) is 23.1. The molecular formula is C29H31F3N4O5. The second-order valence-corrected chi connectivity index (χ2v) is 10.5. The molecule has 0 spiro atoms. The second kappa shape index (κ2) is 11.3. The molecule has 0 atom stereocenters. The maximum atomic E-state index is 13.7. The minimum atomic E-state index is -4.76. The number of benzene rings is 2. The van der Waals surface area contributed by atoms with Gasteiger partial charge in [0.2, 0.25) is 0 Å². The van der Waals surface area contributed by atoms with Crippen LogP contribution in [-0.2, 0) is 23.5 Å². The van der Waals surface area contributed by atoms with Crippen LogP contribution in [0.25, 0.3) is 11.1 Å². The standard InChI is InChI=1S/C29H31F3N4O5/c1-17-5-6-22(15-23(17)19-13-24(26(38)35(4)16-19)36-7-9-41-10-8-36)33-25(37)18-11-20(28(2,3)34-27(39)40)14-21(12-18)29(30,31)32/h5-6,11-16,34H,7-10H2,1-4H3,(H,33,37)(H,39,40). The van der Waals surface area contributed by atoms with E-state index in [9.17, 15) is 27.6 Å². The molecule has 218 valence electrons. The van der Waals surface area contributed by atoms with E-state index in [1.54, 1.807) is 37.5 Å². The smallest absolute Gasteiger partial charge is 0.416 e. The molecule has 1 saturated heterocycles. The normalized spacial score (nSPS) is 14.1.